The van der Waals surface area contributed by atoms with Crippen LogP contribution in [0.2, 0.25) is 0 Å². The predicted molar refractivity (Wildman–Crippen MR) is 70.8 cm³/mol. The van der Waals surface area contributed by atoms with Crippen LogP contribution in [0.4, 0.5) is 17.6 Å². The molecule has 1 N–H and O–H groups in total. The molecule has 2 unspecified atom stereocenters. The van der Waals surface area contributed by atoms with Gasteiger partial charge in [-0.3, -0.25) is 0 Å². The lowest BCUT2D eigenvalue weighted by molar-refractivity contribution is -0.200. The Kier molecular flexibility index (Phi) is 4.44. The van der Waals surface area contributed by atoms with Gasteiger partial charge in [-0.2, -0.15) is 13.2 Å². The van der Waals surface area contributed by atoms with Crippen LogP contribution in [0.1, 0.15) is 31.2 Å². The molecular weight excluding hydrogens is 340 g/mol. The van der Waals surface area contributed by atoms with Crippen molar-refractivity contribution >= 4 is 15.9 Å². The van der Waals surface area contributed by atoms with E-state index in [-0.39, 0.29) is 19.3 Å². The third kappa shape index (κ3) is 3.73. The molecule has 0 aliphatic heterocycles. The minimum absolute atomic E-state index is 0.0257. The lowest BCUT2D eigenvalue weighted by Crippen LogP contribution is -2.42. The zero-order chi connectivity index (χ0) is 15.0. The van der Waals surface area contributed by atoms with Gasteiger partial charge in [0.05, 0.1) is 11.5 Å². The van der Waals surface area contributed by atoms with Crippen molar-refractivity contribution in [3.05, 3.63) is 34.1 Å². The lowest BCUT2D eigenvalue weighted by atomic mass is 9.75. The van der Waals surface area contributed by atoms with Gasteiger partial charge in [-0.25, -0.2) is 4.39 Å². The van der Waals surface area contributed by atoms with Gasteiger partial charge in [0.2, 0.25) is 0 Å². The molecule has 20 heavy (non-hydrogen) atoms. The molecule has 0 amide bonds. The van der Waals surface area contributed by atoms with E-state index in [1.807, 2.05) is 0 Å². The summed E-state index contributed by atoms with van der Waals surface area (Å²) in [6.45, 7) is 0. The van der Waals surface area contributed by atoms with Crippen LogP contribution in [0.5, 0.6) is 0 Å². The molecule has 2 rings (SSSR count). The van der Waals surface area contributed by atoms with Gasteiger partial charge < -0.3 is 5.11 Å². The van der Waals surface area contributed by atoms with E-state index in [0.29, 0.717) is 22.9 Å². The van der Waals surface area contributed by atoms with E-state index in [4.69, 9.17) is 0 Å². The Bertz CT molecular complexity index is 489. The minimum atomic E-state index is -4.28. The zero-order valence-electron chi connectivity index (χ0n) is 10.7. The van der Waals surface area contributed by atoms with E-state index >= 15 is 0 Å². The largest absolute Gasteiger partial charge is 0.391 e. The number of halogens is 5. The molecule has 0 heterocycles. The second-order valence-electron chi connectivity index (χ2n) is 5.47. The molecule has 1 aliphatic rings. The monoisotopic (exact) mass is 354 g/mol. The van der Waals surface area contributed by atoms with Crippen LogP contribution >= 0.6 is 15.9 Å². The van der Waals surface area contributed by atoms with Gasteiger partial charge in [-0.1, -0.05) is 15.9 Å². The van der Waals surface area contributed by atoms with Gasteiger partial charge in [0, 0.05) is 10.9 Å². The molecule has 1 aromatic carbocycles. The Morgan fingerprint density at radius 2 is 2.05 bits per heavy atom. The first-order chi connectivity index (χ1) is 9.20. The van der Waals surface area contributed by atoms with Crippen molar-refractivity contribution in [2.75, 3.05) is 0 Å². The molecule has 6 heteroatoms. The first kappa shape index (κ1) is 15.8. The summed E-state index contributed by atoms with van der Waals surface area (Å²) in [7, 11) is 0. The Morgan fingerprint density at radius 3 is 2.70 bits per heavy atom. The number of hydrogen-bond acceptors (Lipinski definition) is 1. The van der Waals surface area contributed by atoms with Gasteiger partial charge in [-0.05, 0) is 49.4 Å². The molecular formula is C14H15BrF4O. The first-order valence-corrected chi connectivity index (χ1v) is 7.22. The predicted octanol–water partition coefficient (Wildman–Crippen LogP) is 4.61. The fourth-order valence-electron chi connectivity index (χ4n) is 2.81. The Labute approximate surface area is 123 Å². The molecule has 0 aromatic heterocycles. The van der Waals surface area contributed by atoms with E-state index in [9.17, 15) is 22.7 Å². The van der Waals surface area contributed by atoms with Crippen LogP contribution in [-0.4, -0.2) is 16.9 Å². The van der Waals surface area contributed by atoms with Gasteiger partial charge >= 0.3 is 6.18 Å². The Morgan fingerprint density at radius 1 is 1.35 bits per heavy atom. The molecule has 1 aliphatic carbocycles. The molecule has 2 atom stereocenters. The van der Waals surface area contributed by atoms with E-state index < -0.39 is 23.5 Å². The average molecular weight is 355 g/mol. The van der Waals surface area contributed by atoms with Crippen molar-refractivity contribution in [1.29, 1.82) is 0 Å². The topological polar surface area (TPSA) is 20.2 Å². The van der Waals surface area contributed by atoms with Crippen LogP contribution in [0.25, 0.3) is 0 Å². The van der Waals surface area contributed by atoms with Gasteiger partial charge in [0.25, 0.3) is 0 Å². The zero-order valence-corrected chi connectivity index (χ0v) is 12.3. The number of aliphatic hydroxyl groups is 1. The highest BCUT2D eigenvalue weighted by molar-refractivity contribution is 9.10. The van der Waals surface area contributed by atoms with Crippen molar-refractivity contribution < 1.29 is 22.7 Å². The molecule has 1 saturated carbocycles. The van der Waals surface area contributed by atoms with Gasteiger partial charge in [0.15, 0.2) is 0 Å². The normalized spacial score (nSPS) is 27.6. The van der Waals surface area contributed by atoms with Crippen LogP contribution in [0.3, 0.4) is 0 Å². The highest BCUT2D eigenvalue weighted by Gasteiger charge is 2.47. The fraction of sp³-hybridized carbons (Fsp3) is 0.571. The van der Waals surface area contributed by atoms with E-state index in [2.05, 4.69) is 15.9 Å². The van der Waals surface area contributed by atoms with Crippen LogP contribution in [0, 0.1) is 11.7 Å². The van der Waals surface area contributed by atoms with Gasteiger partial charge in [-0.15, -0.1) is 0 Å². The smallest absolute Gasteiger partial charge is 0.390 e. The standard InChI is InChI=1S/C14H15BrF4O/c15-12-4-3-11(16)6-9(12)7-13(20)5-1-2-10(8-13)14(17,18)19/h3-4,6,10,20H,1-2,5,7-8H2. The average Bonchev–Trinajstić information content (AvgIpc) is 2.32. The SMILES string of the molecule is OC1(Cc2cc(F)ccc2Br)CCCC(C(F)(F)F)C1. The minimum Gasteiger partial charge on any atom is -0.390 e. The maximum atomic E-state index is 13.2. The van der Waals surface area contributed by atoms with Crippen molar-refractivity contribution in [2.24, 2.45) is 5.92 Å². The Balaban J connectivity index is 2.16. The second-order valence-corrected chi connectivity index (χ2v) is 6.33. The van der Waals surface area contributed by atoms with Crippen LogP contribution in [-0.2, 0) is 6.42 Å². The number of rotatable bonds is 2. The van der Waals surface area contributed by atoms with E-state index in [1.165, 1.54) is 18.2 Å². The summed E-state index contributed by atoms with van der Waals surface area (Å²) in [6.07, 6.45) is -3.89. The quantitative estimate of drug-likeness (QED) is 0.768. The highest BCUT2D eigenvalue weighted by atomic mass is 79.9. The molecule has 0 bridgehead atoms. The number of benzene rings is 1. The first-order valence-electron chi connectivity index (χ1n) is 6.43. The Hall–Kier alpha value is -0.620. The van der Waals surface area contributed by atoms with Gasteiger partial charge in [0.1, 0.15) is 5.82 Å². The number of hydrogen-bond donors (Lipinski definition) is 1. The summed E-state index contributed by atoms with van der Waals surface area (Å²) in [5.41, 5.74) is -0.926. The summed E-state index contributed by atoms with van der Waals surface area (Å²) >= 11 is 3.24. The molecule has 112 valence electrons. The molecule has 1 nitrogen and oxygen atoms in total. The van der Waals surface area contributed by atoms with Crippen molar-refractivity contribution in [1.82, 2.24) is 0 Å². The highest BCUT2D eigenvalue weighted by Crippen LogP contribution is 2.43. The summed E-state index contributed by atoms with van der Waals surface area (Å²) in [5.74, 6) is -1.94. The summed E-state index contributed by atoms with van der Waals surface area (Å²) in [6, 6.07) is 4.01. The summed E-state index contributed by atoms with van der Waals surface area (Å²) in [5, 5.41) is 10.4. The van der Waals surface area contributed by atoms with E-state index in [1.54, 1.807) is 0 Å². The maximum Gasteiger partial charge on any atom is 0.391 e. The maximum absolute atomic E-state index is 13.2. The second kappa shape index (κ2) is 5.64. The third-order valence-corrected chi connectivity index (χ3v) is 4.58. The fourth-order valence-corrected chi connectivity index (χ4v) is 3.20. The molecule has 1 fully saturated rings. The third-order valence-electron chi connectivity index (χ3n) is 3.81. The molecule has 0 spiro atoms. The van der Waals surface area contributed by atoms with Crippen molar-refractivity contribution in [3.8, 4) is 0 Å². The lowest BCUT2D eigenvalue weighted by Gasteiger charge is -2.38. The molecule has 1 aromatic rings. The van der Waals surface area contributed by atoms with Crippen LogP contribution < -0.4 is 0 Å². The molecule has 0 saturated heterocycles. The van der Waals surface area contributed by atoms with Crippen molar-refractivity contribution in [3.63, 3.8) is 0 Å². The molecule has 0 radical (unpaired) electrons. The van der Waals surface area contributed by atoms with Crippen LogP contribution in [0.15, 0.2) is 22.7 Å². The number of alkyl halides is 3. The summed E-state index contributed by atoms with van der Waals surface area (Å²) in [4.78, 5) is 0. The van der Waals surface area contributed by atoms with E-state index in [0.717, 1.165) is 0 Å². The van der Waals surface area contributed by atoms with Crippen molar-refractivity contribution in [2.45, 2.75) is 43.9 Å². The summed E-state index contributed by atoms with van der Waals surface area (Å²) < 4.78 is 52.2.